The molecule has 4 heterocycles. The van der Waals surface area contributed by atoms with Crippen molar-refractivity contribution >= 4 is 28.7 Å². The molecule has 9 nitrogen and oxygen atoms in total. The standard InChI is InChI=1S/C20H21F4N7O2/c1-29-9-11(20(22,23)24)7-14(18(29)32)28-19(33)30(2)15-4-6-31(10-12(15)21)16-8-26-17-13(27-16)3-5-25-17/h3,5,7-9,12,15H,4,6,10H2,1-2H3,(H,25,26)(H,28,33). The molecule has 3 aromatic heterocycles. The number of amides is 2. The first-order valence-electron chi connectivity index (χ1n) is 10.1. The van der Waals surface area contributed by atoms with E-state index in [9.17, 15) is 22.8 Å². The summed E-state index contributed by atoms with van der Waals surface area (Å²) < 4.78 is 54.9. The first kappa shape index (κ1) is 22.6. The number of halogens is 4. The molecule has 33 heavy (non-hydrogen) atoms. The molecule has 2 atom stereocenters. The molecule has 0 radical (unpaired) electrons. The zero-order chi connectivity index (χ0) is 23.9. The van der Waals surface area contributed by atoms with Crippen LogP contribution in [-0.2, 0) is 13.2 Å². The lowest BCUT2D eigenvalue weighted by atomic mass is 10.0. The smallest absolute Gasteiger partial charge is 0.352 e. The molecule has 2 unspecified atom stereocenters. The van der Waals surface area contributed by atoms with Gasteiger partial charge in [-0.1, -0.05) is 0 Å². The van der Waals surface area contributed by atoms with E-state index in [4.69, 9.17) is 0 Å². The van der Waals surface area contributed by atoms with Gasteiger partial charge in [0.25, 0.3) is 5.56 Å². The van der Waals surface area contributed by atoms with Crippen LogP contribution in [0.3, 0.4) is 0 Å². The van der Waals surface area contributed by atoms with Gasteiger partial charge in [-0.25, -0.2) is 19.2 Å². The zero-order valence-electron chi connectivity index (χ0n) is 17.7. The summed E-state index contributed by atoms with van der Waals surface area (Å²) in [6.07, 6.45) is -2.03. The summed E-state index contributed by atoms with van der Waals surface area (Å²) in [6.45, 7) is 0.344. The van der Waals surface area contributed by atoms with Crippen LogP contribution in [-0.4, -0.2) is 62.8 Å². The Morgan fingerprint density at radius 1 is 1.36 bits per heavy atom. The number of H-pyrrole nitrogens is 1. The molecule has 1 fully saturated rings. The number of carbonyl (C=O) groups is 1. The minimum atomic E-state index is -4.69. The molecule has 2 N–H and O–H groups in total. The highest BCUT2D eigenvalue weighted by Crippen LogP contribution is 2.30. The number of nitrogens with zero attached hydrogens (tertiary/aromatic N) is 5. The average molecular weight is 467 g/mol. The van der Waals surface area contributed by atoms with Gasteiger partial charge in [0.15, 0.2) is 5.65 Å². The number of aromatic nitrogens is 4. The molecule has 4 rings (SSSR count). The van der Waals surface area contributed by atoms with Crippen LogP contribution in [0.4, 0.5) is 33.9 Å². The second-order valence-electron chi connectivity index (χ2n) is 7.86. The fraction of sp³-hybridized carbons (Fsp3) is 0.400. The van der Waals surface area contributed by atoms with Crippen LogP contribution in [0.5, 0.6) is 0 Å². The maximum absolute atomic E-state index is 15.0. The molecule has 3 aromatic rings. The predicted octanol–water partition coefficient (Wildman–Crippen LogP) is 2.76. The molecule has 176 valence electrons. The first-order valence-corrected chi connectivity index (χ1v) is 10.1. The lowest BCUT2D eigenvalue weighted by Gasteiger charge is -2.39. The number of piperidine rings is 1. The number of aryl methyl sites for hydroxylation is 1. The molecule has 0 spiro atoms. The molecular formula is C20H21F4N7O2. The van der Waals surface area contributed by atoms with Gasteiger partial charge in [0.1, 0.15) is 23.2 Å². The van der Waals surface area contributed by atoms with Gasteiger partial charge in [0.2, 0.25) is 0 Å². The normalized spacial score (nSPS) is 19.0. The van der Waals surface area contributed by atoms with E-state index in [2.05, 4.69) is 20.3 Å². The van der Waals surface area contributed by atoms with E-state index >= 15 is 4.39 Å². The Hall–Kier alpha value is -3.64. The van der Waals surface area contributed by atoms with Gasteiger partial charge in [-0.05, 0) is 18.6 Å². The molecule has 13 heteroatoms. The maximum atomic E-state index is 15.0. The highest BCUT2D eigenvalue weighted by molar-refractivity contribution is 5.89. The van der Waals surface area contributed by atoms with E-state index in [1.165, 1.54) is 13.2 Å². The number of pyridine rings is 1. The number of carbonyl (C=O) groups excluding carboxylic acids is 1. The Kier molecular flexibility index (Phi) is 5.72. The molecule has 1 aliphatic heterocycles. The molecule has 2 amide bonds. The highest BCUT2D eigenvalue weighted by Gasteiger charge is 2.36. The predicted molar refractivity (Wildman–Crippen MR) is 113 cm³/mol. The van der Waals surface area contributed by atoms with Gasteiger partial charge in [-0.2, -0.15) is 13.2 Å². The van der Waals surface area contributed by atoms with Gasteiger partial charge in [0, 0.05) is 33.0 Å². The Morgan fingerprint density at radius 2 is 2.12 bits per heavy atom. The van der Waals surface area contributed by atoms with Gasteiger partial charge in [-0.15, -0.1) is 0 Å². The molecule has 1 saturated heterocycles. The highest BCUT2D eigenvalue weighted by atomic mass is 19.4. The molecule has 0 bridgehead atoms. The first-order chi connectivity index (χ1) is 15.5. The summed E-state index contributed by atoms with van der Waals surface area (Å²) in [6, 6.07) is 0.613. The number of hydrogen-bond donors (Lipinski definition) is 2. The van der Waals surface area contributed by atoms with Crippen molar-refractivity contribution in [1.29, 1.82) is 0 Å². The van der Waals surface area contributed by atoms with Gasteiger partial charge >= 0.3 is 12.2 Å². The fourth-order valence-electron chi connectivity index (χ4n) is 3.82. The third-order valence-corrected chi connectivity index (χ3v) is 5.65. The Balaban J connectivity index is 1.45. The van der Waals surface area contributed by atoms with Crippen LogP contribution in [0.1, 0.15) is 12.0 Å². The summed E-state index contributed by atoms with van der Waals surface area (Å²) in [4.78, 5) is 39.2. The van der Waals surface area contributed by atoms with Crippen LogP contribution in [0.2, 0.25) is 0 Å². The largest absolute Gasteiger partial charge is 0.417 e. The summed E-state index contributed by atoms with van der Waals surface area (Å²) in [5, 5.41) is 2.19. The topological polar surface area (TPSA) is 99.1 Å². The number of hydrogen-bond acceptors (Lipinski definition) is 5. The minimum absolute atomic E-state index is 0.0434. The lowest BCUT2D eigenvalue weighted by molar-refractivity contribution is -0.138. The van der Waals surface area contributed by atoms with Crippen LogP contribution < -0.4 is 15.8 Å². The number of aromatic amines is 1. The van der Waals surface area contributed by atoms with Crippen molar-refractivity contribution in [3.63, 3.8) is 0 Å². The summed E-state index contributed by atoms with van der Waals surface area (Å²) in [5.41, 5.74) is -1.17. The van der Waals surface area contributed by atoms with Crippen molar-refractivity contribution in [3.05, 3.63) is 46.6 Å². The summed E-state index contributed by atoms with van der Waals surface area (Å²) in [5.74, 6) is 0.503. The molecule has 0 saturated carbocycles. The fourth-order valence-corrected chi connectivity index (χ4v) is 3.82. The van der Waals surface area contributed by atoms with Crippen molar-refractivity contribution in [2.75, 3.05) is 30.4 Å². The van der Waals surface area contributed by atoms with Crippen LogP contribution in [0.15, 0.2) is 35.5 Å². The van der Waals surface area contributed by atoms with Gasteiger partial charge in [-0.3, -0.25) is 4.79 Å². The number of fused-ring (bicyclic) bond motifs is 1. The number of nitrogens with one attached hydrogen (secondary N) is 2. The van der Waals surface area contributed by atoms with Crippen molar-refractivity contribution in [1.82, 2.24) is 24.4 Å². The van der Waals surface area contributed by atoms with Crippen LogP contribution >= 0.6 is 0 Å². The molecule has 1 aliphatic rings. The van der Waals surface area contributed by atoms with Gasteiger partial charge in [0.05, 0.1) is 24.3 Å². The van der Waals surface area contributed by atoms with Gasteiger partial charge < -0.3 is 24.7 Å². The number of rotatable bonds is 3. The van der Waals surface area contributed by atoms with Crippen LogP contribution in [0.25, 0.3) is 11.2 Å². The molecule has 0 aromatic carbocycles. The second-order valence-corrected chi connectivity index (χ2v) is 7.86. The maximum Gasteiger partial charge on any atom is 0.417 e. The lowest BCUT2D eigenvalue weighted by Crippen LogP contribution is -2.54. The van der Waals surface area contributed by atoms with Crippen molar-refractivity contribution in [2.45, 2.75) is 24.8 Å². The third-order valence-electron chi connectivity index (χ3n) is 5.65. The quantitative estimate of drug-likeness (QED) is 0.578. The number of anilines is 2. The summed E-state index contributed by atoms with van der Waals surface area (Å²) >= 11 is 0. The van der Waals surface area contributed by atoms with Crippen LogP contribution in [0, 0.1) is 0 Å². The Labute approximate surface area is 185 Å². The average Bonchev–Trinajstić information content (AvgIpc) is 3.23. The number of urea groups is 1. The Bertz CT molecular complexity index is 1240. The third kappa shape index (κ3) is 4.47. The molecule has 0 aliphatic carbocycles. The van der Waals surface area contributed by atoms with E-state index < -0.39 is 41.2 Å². The second kappa shape index (κ2) is 8.37. The zero-order valence-corrected chi connectivity index (χ0v) is 17.7. The number of alkyl halides is 4. The van der Waals surface area contributed by atoms with E-state index in [0.717, 1.165) is 16.5 Å². The van der Waals surface area contributed by atoms with E-state index in [1.54, 1.807) is 17.2 Å². The van der Waals surface area contributed by atoms with E-state index in [0.29, 0.717) is 35.8 Å². The summed E-state index contributed by atoms with van der Waals surface area (Å²) in [7, 11) is 2.49. The van der Waals surface area contributed by atoms with E-state index in [1.807, 2.05) is 0 Å². The van der Waals surface area contributed by atoms with E-state index in [-0.39, 0.29) is 13.0 Å². The SMILES string of the molecule is CN(C(=O)Nc1cc(C(F)(F)F)cn(C)c1=O)C1CCN(c2cnc3[nH]ccc3n2)CC1F. The van der Waals surface area contributed by atoms with Crippen molar-refractivity contribution in [2.24, 2.45) is 7.05 Å². The monoisotopic (exact) mass is 467 g/mol. The van der Waals surface area contributed by atoms with Crippen molar-refractivity contribution < 1.29 is 22.4 Å². The Morgan fingerprint density at radius 3 is 2.82 bits per heavy atom. The minimum Gasteiger partial charge on any atom is -0.352 e. The molecular weight excluding hydrogens is 446 g/mol. The van der Waals surface area contributed by atoms with Crippen molar-refractivity contribution in [3.8, 4) is 0 Å².